The quantitative estimate of drug-likeness (QED) is 0.551. The molecule has 2 aromatic rings. The molecule has 1 heterocycles. The van der Waals surface area contributed by atoms with Crippen LogP contribution in [0, 0.1) is 21.4 Å². The molecule has 0 aliphatic carbocycles. The summed E-state index contributed by atoms with van der Waals surface area (Å²) in [7, 11) is 1.43. The van der Waals surface area contributed by atoms with Crippen molar-refractivity contribution < 1.29 is 14.5 Å². The Hall–Kier alpha value is -3.48. The van der Waals surface area contributed by atoms with E-state index in [1.54, 1.807) is 6.07 Å². The number of carbonyl (C=O) groups is 1. The molecular weight excluding hydrogens is 386 g/mol. The van der Waals surface area contributed by atoms with E-state index >= 15 is 0 Å². The molecule has 1 fully saturated rings. The van der Waals surface area contributed by atoms with Gasteiger partial charge in [0, 0.05) is 32.7 Å². The second-order valence-electron chi connectivity index (χ2n) is 7.05. The third-order valence-electron chi connectivity index (χ3n) is 5.00. The molecule has 1 amide bonds. The average molecular weight is 409 g/mol. The molecule has 1 saturated heterocycles. The molecule has 0 radical (unpaired) electrons. The number of nitro groups is 1. The fourth-order valence-corrected chi connectivity index (χ4v) is 3.34. The summed E-state index contributed by atoms with van der Waals surface area (Å²) in [5.41, 5.74) is 1.75. The van der Waals surface area contributed by atoms with Crippen LogP contribution in [0.1, 0.15) is 11.1 Å². The van der Waals surface area contributed by atoms with Gasteiger partial charge in [0.2, 0.25) is 5.91 Å². The van der Waals surface area contributed by atoms with E-state index in [0.717, 1.165) is 38.3 Å². The lowest BCUT2D eigenvalue weighted by molar-refractivity contribution is -0.384. The zero-order valence-electron chi connectivity index (χ0n) is 16.7. The van der Waals surface area contributed by atoms with Crippen LogP contribution in [-0.2, 0) is 11.3 Å². The molecule has 9 heteroatoms. The second kappa shape index (κ2) is 9.82. The van der Waals surface area contributed by atoms with Crippen LogP contribution in [0.2, 0.25) is 0 Å². The minimum atomic E-state index is -0.542. The molecule has 1 aliphatic rings. The highest BCUT2D eigenvalue weighted by Gasteiger charge is 2.21. The van der Waals surface area contributed by atoms with Gasteiger partial charge in [-0.25, -0.2) is 0 Å². The summed E-state index contributed by atoms with van der Waals surface area (Å²) in [6.07, 6.45) is 0. The minimum absolute atomic E-state index is 0.158. The number of amides is 1. The molecule has 0 bridgehead atoms. The zero-order valence-corrected chi connectivity index (χ0v) is 16.7. The molecule has 1 N–H and O–H groups in total. The third-order valence-corrected chi connectivity index (χ3v) is 5.00. The SMILES string of the molecule is COc1ccc(NC(=O)CN2CCN(Cc3ccc(C#N)cc3)CC2)c([N+](=O)[O-])c1. The number of nitro benzene ring substituents is 1. The van der Waals surface area contributed by atoms with E-state index in [4.69, 9.17) is 10.00 Å². The standard InChI is InChI=1S/C21H23N5O4/c1-30-18-6-7-19(20(12-18)26(28)29)23-21(27)15-25-10-8-24(9-11-25)14-17-4-2-16(13-22)3-5-17/h2-7,12H,8-11,14-15H2,1H3,(H,23,27). The monoisotopic (exact) mass is 409 g/mol. The summed E-state index contributed by atoms with van der Waals surface area (Å²) in [5, 5.41) is 22.8. The van der Waals surface area contributed by atoms with Gasteiger partial charge in [-0.15, -0.1) is 0 Å². The van der Waals surface area contributed by atoms with Gasteiger partial charge in [0.15, 0.2) is 0 Å². The summed E-state index contributed by atoms with van der Waals surface area (Å²) >= 11 is 0. The lowest BCUT2D eigenvalue weighted by atomic mass is 10.1. The van der Waals surface area contributed by atoms with Crippen molar-refractivity contribution in [2.75, 3.05) is 45.2 Å². The van der Waals surface area contributed by atoms with Crippen LogP contribution < -0.4 is 10.1 Å². The number of ether oxygens (including phenoxy) is 1. The first kappa shape index (κ1) is 21.2. The molecule has 30 heavy (non-hydrogen) atoms. The van der Waals surface area contributed by atoms with Crippen LogP contribution in [-0.4, -0.2) is 60.5 Å². The predicted octanol–water partition coefficient (Wildman–Crippen LogP) is 2.23. The number of anilines is 1. The molecule has 2 aromatic carbocycles. The Morgan fingerprint density at radius 1 is 1.17 bits per heavy atom. The van der Waals surface area contributed by atoms with Crippen molar-refractivity contribution in [3.8, 4) is 11.8 Å². The fraction of sp³-hybridized carbons (Fsp3) is 0.333. The lowest BCUT2D eigenvalue weighted by Gasteiger charge is -2.34. The number of nitriles is 1. The smallest absolute Gasteiger partial charge is 0.296 e. The van der Waals surface area contributed by atoms with Crippen molar-refractivity contribution in [1.29, 1.82) is 5.26 Å². The van der Waals surface area contributed by atoms with Crippen LogP contribution >= 0.6 is 0 Å². The highest BCUT2D eigenvalue weighted by atomic mass is 16.6. The van der Waals surface area contributed by atoms with E-state index in [-0.39, 0.29) is 23.8 Å². The first-order chi connectivity index (χ1) is 14.5. The summed E-state index contributed by atoms with van der Waals surface area (Å²) in [6, 6.07) is 14.0. The highest BCUT2D eigenvalue weighted by Crippen LogP contribution is 2.28. The van der Waals surface area contributed by atoms with Crippen molar-refractivity contribution in [3.05, 3.63) is 63.7 Å². The number of hydrogen-bond donors (Lipinski definition) is 1. The van der Waals surface area contributed by atoms with Crippen molar-refractivity contribution in [1.82, 2.24) is 9.80 Å². The van der Waals surface area contributed by atoms with E-state index in [1.165, 1.54) is 19.2 Å². The second-order valence-corrected chi connectivity index (χ2v) is 7.05. The van der Waals surface area contributed by atoms with E-state index in [2.05, 4.69) is 16.3 Å². The minimum Gasteiger partial charge on any atom is -0.496 e. The first-order valence-electron chi connectivity index (χ1n) is 9.54. The van der Waals surface area contributed by atoms with Gasteiger partial charge < -0.3 is 10.1 Å². The summed E-state index contributed by atoms with van der Waals surface area (Å²) in [6.45, 7) is 4.06. The maximum Gasteiger partial charge on any atom is 0.296 e. The van der Waals surface area contributed by atoms with Gasteiger partial charge in [-0.1, -0.05) is 12.1 Å². The molecule has 1 aliphatic heterocycles. The number of nitrogens with zero attached hydrogens (tertiary/aromatic N) is 4. The van der Waals surface area contributed by atoms with Gasteiger partial charge in [-0.05, 0) is 29.8 Å². The molecule has 156 valence electrons. The number of hydrogen-bond acceptors (Lipinski definition) is 7. The van der Waals surface area contributed by atoms with Gasteiger partial charge in [0.1, 0.15) is 11.4 Å². The van der Waals surface area contributed by atoms with Crippen LogP contribution in [0.4, 0.5) is 11.4 Å². The molecule has 0 saturated carbocycles. The van der Waals surface area contributed by atoms with Crippen molar-refractivity contribution >= 4 is 17.3 Å². The van der Waals surface area contributed by atoms with Gasteiger partial charge in [0.25, 0.3) is 5.69 Å². The van der Waals surface area contributed by atoms with Crippen molar-refractivity contribution in [2.24, 2.45) is 0 Å². The molecule has 0 aromatic heterocycles. The van der Waals surface area contributed by atoms with Crippen molar-refractivity contribution in [3.63, 3.8) is 0 Å². The molecular formula is C21H23N5O4. The van der Waals surface area contributed by atoms with E-state index < -0.39 is 4.92 Å². The van der Waals surface area contributed by atoms with Crippen LogP contribution in [0.25, 0.3) is 0 Å². The molecule has 3 rings (SSSR count). The number of nitrogens with one attached hydrogen (secondary N) is 1. The first-order valence-corrected chi connectivity index (χ1v) is 9.54. The number of carbonyl (C=O) groups excluding carboxylic acids is 1. The summed E-state index contributed by atoms with van der Waals surface area (Å²) in [4.78, 5) is 27.4. The Bertz CT molecular complexity index is 947. The van der Waals surface area contributed by atoms with Crippen molar-refractivity contribution in [2.45, 2.75) is 6.54 Å². The van der Waals surface area contributed by atoms with Crippen LogP contribution in [0.5, 0.6) is 5.75 Å². The molecule has 9 nitrogen and oxygen atoms in total. The Labute approximate surface area is 174 Å². The molecule has 0 spiro atoms. The predicted molar refractivity (Wildman–Crippen MR) is 111 cm³/mol. The fourth-order valence-electron chi connectivity index (χ4n) is 3.34. The Kier molecular flexibility index (Phi) is 6.95. The number of piperazine rings is 1. The number of rotatable bonds is 7. The molecule has 0 atom stereocenters. The van der Waals surface area contributed by atoms with Gasteiger partial charge >= 0.3 is 0 Å². The maximum atomic E-state index is 12.4. The number of methoxy groups -OCH3 is 1. The Morgan fingerprint density at radius 3 is 2.43 bits per heavy atom. The zero-order chi connectivity index (χ0) is 21.5. The topological polar surface area (TPSA) is 112 Å². The molecule has 0 unspecified atom stereocenters. The lowest BCUT2D eigenvalue weighted by Crippen LogP contribution is -2.48. The van der Waals surface area contributed by atoms with Crippen LogP contribution in [0.15, 0.2) is 42.5 Å². The summed E-state index contributed by atoms with van der Waals surface area (Å²) < 4.78 is 5.01. The normalized spacial score (nSPS) is 14.7. The van der Waals surface area contributed by atoms with Gasteiger partial charge in [-0.2, -0.15) is 5.26 Å². The van der Waals surface area contributed by atoms with E-state index in [0.29, 0.717) is 11.3 Å². The largest absolute Gasteiger partial charge is 0.496 e. The number of benzene rings is 2. The average Bonchev–Trinajstić information content (AvgIpc) is 2.75. The third kappa shape index (κ3) is 5.53. The summed E-state index contributed by atoms with van der Waals surface area (Å²) in [5.74, 6) is 0.0712. The Morgan fingerprint density at radius 2 is 1.83 bits per heavy atom. The van der Waals surface area contributed by atoms with E-state index in [9.17, 15) is 14.9 Å². The van der Waals surface area contributed by atoms with E-state index in [1.807, 2.05) is 29.2 Å². The maximum absolute atomic E-state index is 12.4. The van der Waals surface area contributed by atoms with Crippen LogP contribution in [0.3, 0.4) is 0 Å². The highest BCUT2D eigenvalue weighted by molar-refractivity contribution is 5.94. The Balaban J connectivity index is 1.49. The van der Waals surface area contributed by atoms with Gasteiger partial charge in [0.05, 0.1) is 36.3 Å². The van der Waals surface area contributed by atoms with Gasteiger partial charge in [-0.3, -0.25) is 24.7 Å².